The number of carbonyl (C=O) groups excluding carboxylic acids is 1. The molecule has 0 saturated carbocycles. The first-order valence-electron chi connectivity index (χ1n) is 22.1. The third-order valence-corrected chi connectivity index (χ3v) is 18.8. The number of nitrogen functional groups attached to an aromatic ring is 1. The SMILES string of the molecule is CN(C)S(=O)(=O)c1ccc(N)cc1.CN(C)S(=O)(=O)c1ccc(NC(=S)NC(=O)c2ccccc2)cc1.CN(C)S(=O)(=O)c1ccc(NC(N)=S)cc1.Cc1ccc(S(=O)(=O)Cl)cc1.Cc1ccc(S(=O)(=O)N(C)C)cc1. The molecule has 0 atom stereocenters. The Hall–Kier alpha value is -5.95. The van der Waals surface area contributed by atoms with Crippen LogP contribution in [0.4, 0.5) is 17.1 Å². The number of nitrogens with two attached hydrogens (primary N) is 2. The van der Waals surface area contributed by atoms with E-state index in [1.807, 2.05) is 19.9 Å². The average molecular weight is 1210 g/mol. The molecular weight excluding hydrogens is 1150 g/mol. The number of sulfonamides is 4. The van der Waals surface area contributed by atoms with Gasteiger partial charge < -0.3 is 22.1 Å². The minimum atomic E-state index is -3.55. The summed E-state index contributed by atoms with van der Waals surface area (Å²) < 4.78 is 120. The zero-order chi connectivity index (χ0) is 58.7. The van der Waals surface area contributed by atoms with Gasteiger partial charge in [-0.15, -0.1) is 0 Å². The van der Waals surface area contributed by atoms with Crippen LogP contribution in [0.5, 0.6) is 0 Å². The van der Waals surface area contributed by atoms with Crippen molar-refractivity contribution in [1.82, 2.24) is 22.5 Å². The van der Waals surface area contributed by atoms with Gasteiger partial charge in [0.15, 0.2) is 10.2 Å². The molecule has 0 saturated heterocycles. The lowest BCUT2D eigenvalue weighted by Gasteiger charge is -2.13. The molecule has 0 aromatic heterocycles. The van der Waals surface area contributed by atoms with E-state index in [1.165, 1.54) is 114 Å². The molecule has 1 amide bonds. The van der Waals surface area contributed by atoms with Crippen LogP contribution in [0.3, 0.4) is 0 Å². The lowest BCUT2D eigenvalue weighted by Crippen LogP contribution is -2.34. The zero-order valence-corrected chi connectivity index (χ0v) is 50.1. The summed E-state index contributed by atoms with van der Waals surface area (Å²) in [6.07, 6.45) is 0. The van der Waals surface area contributed by atoms with Crippen molar-refractivity contribution < 1.29 is 46.9 Å². The number of hydrogen-bond acceptors (Lipinski definition) is 14. The number of nitrogens with one attached hydrogen (secondary N) is 3. The standard InChI is InChI=1S/C16H17N3O3S2.C9H13N3O2S2.C9H13NO2S.C8H12N2O2S.C7H7ClO2S/c1-19(2)24(21,22)14-10-8-13(9-11-14)17-16(23)18-15(20)12-6-4-3-5-7-12;1-12(2)16(13,14)8-5-3-7(4-6-8)11-9(10)15;1-8-4-6-9(7-5-8)13(11,12)10(2)3;1-10(2)13(11,12)8-5-3-7(9)4-6-8;1-6-2-4-7(5-3-6)11(8,9)10/h3-11H,1-2H3,(H2,17,18,20,23);3-6H,1-2H3,(H3,10,11,15);4-7H,1-3H3;3-6H,9H2,1-2H3;2-5H,1H3. The minimum Gasteiger partial charge on any atom is -0.399 e. The second-order valence-electron chi connectivity index (χ2n) is 16.6. The first kappa shape index (κ1) is 67.2. The molecule has 0 unspecified atom stereocenters. The van der Waals surface area contributed by atoms with Crippen LogP contribution in [-0.4, -0.2) is 132 Å². The van der Waals surface area contributed by atoms with Crippen LogP contribution < -0.4 is 27.4 Å². The Balaban J connectivity index is 0.000000340. The number of benzene rings is 6. The van der Waals surface area contributed by atoms with E-state index in [2.05, 4.69) is 28.2 Å². The van der Waals surface area contributed by atoms with E-state index in [4.69, 9.17) is 34.4 Å². The molecule has 418 valence electrons. The van der Waals surface area contributed by atoms with Gasteiger partial charge in [-0.3, -0.25) is 10.1 Å². The van der Waals surface area contributed by atoms with Gasteiger partial charge in [0, 0.05) is 89.7 Å². The van der Waals surface area contributed by atoms with Gasteiger partial charge in [0.05, 0.1) is 24.5 Å². The molecule has 7 N–H and O–H groups in total. The predicted molar refractivity (Wildman–Crippen MR) is 313 cm³/mol. The quantitative estimate of drug-likeness (QED) is 0.0507. The lowest BCUT2D eigenvalue weighted by molar-refractivity contribution is 0.0977. The molecule has 0 radical (unpaired) electrons. The highest BCUT2D eigenvalue weighted by Gasteiger charge is 2.19. The number of amides is 1. The Labute approximate surface area is 468 Å². The zero-order valence-electron chi connectivity index (χ0n) is 43.6. The van der Waals surface area contributed by atoms with E-state index in [9.17, 15) is 46.9 Å². The lowest BCUT2D eigenvalue weighted by atomic mass is 10.2. The fourth-order valence-electron chi connectivity index (χ4n) is 5.38. The molecule has 77 heavy (non-hydrogen) atoms. The predicted octanol–water partition coefficient (Wildman–Crippen LogP) is 6.34. The molecule has 6 rings (SSSR count). The van der Waals surface area contributed by atoms with Crippen molar-refractivity contribution in [2.45, 2.75) is 38.3 Å². The van der Waals surface area contributed by atoms with Gasteiger partial charge in [0.1, 0.15) is 0 Å². The summed E-state index contributed by atoms with van der Waals surface area (Å²) >= 11 is 9.76. The number of halogens is 1. The molecule has 6 aromatic rings. The summed E-state index contributed by atoms with van der Waals surface area (Å²) in [5.74, 6) is -0.320. The second kappa shape index (κ2) is 29.7. The molecule has 0 aliphatic carbocycles. The van der Waals surface area contributed by atoms with E-state index in [-0.39, 0.29) is 35.7 Å². The molecule has 20 nitrogen and oxygen atoms in total. The van der Waals surface area contributed by atoms with Gasteiger partial charge in [0.2, 0.25) is 40.1 Å². The highest BCUT2D eigenvalue weighted by molar-refractivity contribution is 8.13. The van der Waals surface area contributed by atoms with Crippen molar-refractivity contribution in [3.8, 4) is 0 Å². The average Bonchev–Trinajstić information content (AvgIpc) is 3.35. The topological polar surface area (TPSA) is 289 Å². The highest BCUT2D eigenvalue weighted by Crippen LogP contribution is 2.19. The Morgan fingerprint density at radius 2 is 0.727 bits per heavy atom. The molecular formula is C49H62ClN9O11S7. The maximum absolute atomic E-state index is 12.0. The van der Waals surface area contributed by atoms with Crippen LogP contribution >= 0.6 is 35.1 Å². The number of nitrogens with zero attached hydrogens (tertiary/aromatic N) is 4. The van der Waals surface area contributed by atoms with Crippen LogP contribution in [0.25, 0.3) is 0 Å². The molecule has 0 fully saturated rings. The summed E-state index contributed by atoms with van der Waals surface area (Å²) in [4.78, 5) is 13.1. The molecule has 0 heterocycles. The maximum Gasteiger partial charge on any atom is 0.261 e. The third-order valence-electron chi connectivity index (χ3n) is 9.81. The molecule has 0 spiro atoms. The summed E-state index contributed by atoms with van der Waals surface area (Å²) in [5.41, 5.74) is 15.1. The van der Waals surface area contributed by atoms with Gasteiger partial charge in [-0.25, -0.2) is 59.3 Å². The number of hydrogen-bond donors (Lipinski definition) is 5. The minimum absolute atomic E-state index is 0.132. The number of carbonyl (C=O) groups is 1. The monoisotopic (exact) mass is 1210 g/mol. The Kier molecular flexibility index (Phi) is 25.9. The number of aryl methyl sites for hydroxylation is 2. The maximum atomic E-state index is 12.0. The number of anilines is 3. The second-order valence-corrected chi connectivity index (χ2v) is 28.6. The Morgan fingerprint density at radius 1 is 0.442 bits per heavy atom. The van der Waals surface area contributed by atoms with Crippen molar-refractivity contribution in [3.05, 3.63) is 168 Å². The van der Waals surface area contributed by atoms with Crippen LogP contribution in [0.15, 0.2) is 176 Å². The molecule has 28 heteroatoms. The van der Waals surface area contributed by atoms with Crippen molar-refractivity contribution in [3.63, 3.8) is 0 Å². The molecule has 0 aliphatic rings. The Morgan fingerprint density at radius 3 is 1.03 bits per heavy atom. The van der Waals surface area contributed by atoms with E-state index < -0.39 is 49.1 Å². The van der Waals surface area contributed by atoms with Gasteiger partial charge in [-0.05, 0) is 147 Å². The largest absolute Gasteiger partial charge is 0.399 e. The first-order valence-corrected chi connectivity index (χ1v) is 31.0. The van der Waals surface area contributed by atoms with Crippen LogP contribution in [-0.2, 0) is 49.1 Å². The normalized spacial score (nSPS) is 11.5. The van der Waals surface area contributed by atoms with Gasteiger partial charge in [-0.2, -0.15) is 0 Å². The summed E-state index contributed by atoms with van der Waals surface area (Å²) in [7, 11) is 0.0355. The van der Waals surface area contributed by atoms with Gasteiger partial charge in [-0.1, -0.05) is 53.6 Å². The van der Waals surface area contributed by atoms with Gasteiger partial charge in [0.25, 0.3) is 15.0 Å². The Bertz CT molecular complexity index is 3410. The first-order chi connectivity index (χ1) is 35.5. The molecule has 0 bridgehead atoms. The van der Waals surface area contributed by atoms with Crippen LogP contribution in [0.1, 0.15) is 21.5 Å². The fraction of sp³-hybridized carbons (Fsp3) is 0.204. The van der Waals surface area contributed by atoms with Crippen molar-refractivity contribution in [2.75, 3.05) is 72.7 Å². The summed E-state index contributed by atoms with van der Waals surface area (Å²) in [5, 5.41) is 8.39. The number of rotatable bonds is 12. The molecule has 0 aliphatic heterocycles. The van der Waals surface area contributed by atoms with E-state index in [0.717, 1.165) is 19.7 Å². The van der Waals surface area contributed by atoms with Crippen LogP contribution in [0.2, 0.25) is 0 Å². The van der Waals surface area contributed by atoms with Crippen molar-refractivity contribution in [1.29, 1.82) is 0 Å². The van der Waals surface area contributed by atoms with Crippen LogP contribution in [0, 0.1) is 13.8 Å². The van der Waals surface area contributed by atoms with Crippen molar-refractivity contribution >= 4 is 117 Å². The van der Waals surface area contributed by atoms with E-state index in [1.54, 1.807) is 97.1 Å². The van der Waals surface area contributed by atoms with E-state index in [0.29, 0.717) is 27.5 Å². The summed E-state index contributed by atoms with van der Waals surface area (Å²) in [6, 6.07) is 40.3. The third kappa shape index (κ3) is 21.8. The van der Waals surface area contributed by atoms with Gasteiger partial charge >= 0.3 is 0 Å². The molecule has 6 aromatic carbocycles. The van der Waals surface area contributed by atoms with Crippen molar-refractivity contribution in [2.24, 2.45) is 5.73 Å². The smallest absolute Gasteiger partial charge is 0.261 e. The van der Waals surface area contributed by atoms with E-state index >= 15 is 0 Å². The summed E-state index contributed by atoms with van der Waals surface area (Å²) in [6.45, 7) is 3.80. The fourth-order valence-corrected chi connectivity index (χ4v) is 10.1. The highest BCUT2D eigenvalue weighted by atomic mass is 35.7. The number of thiocarbonyl (C=S) groups is 2.